The van der Waals surface area contributed by atoms with Crippen molar-refractivity contribution in [1.82, 2.24) is 4.98 Å². The van der Waals surface area contributed by atoms with E-state index < -0.39 is 0 Å². The first-order valence-electron chi connectivity index (χ1n) is 4.83. The number of amides is 1. The van der Waals surface area contributed by atoms with E-state index in [4.69, 9.17) is 0 Å². The summed E-state index contributed by atoms with van der Waals surface area (Å²) >= 11 is 1.52. The van der Waals surface area contributed by atoms with Crippen molar-refractivity contribution in [3.63, 3.8) is 0 Å². The molecule has 0 aromatic carbocycles. The molecule has 16 heavy (non-hydrogen) atoms. The van der Waals surface area contributed by atoms with Crippen molar-refractivity contribution in [1.29, 1.82) is 0 Å². The van der Waals surface area contributed by atoms with E-state index in [0.29, 0.717) is 5.56 Å². The van der Waals surface area contributed by atoms with Gasteiger partial charge in [0.1, 0.15) is 0 Å². The smallest absolute Gasteiger partial charge is 0.258 e. The molecule has 1 N–H and O–H groups in total. The molecule has 0 radical (unpaired) electrons. The molecule has 2 aromatic rings. The van der Waals surface area contributed by atoms with Gasteiger partial charge >= 0.3 is 0 Å². The monoisotopic (exact) mass is 231 g/mol. The Morgan fingerprint density at radius 2 is 2.31 bits per heavy atom. The minimum absolute atomic E-state index is 0.0742. The van der Waals surface area contributed by atoms with Gasteiger partial charge in [0.2, 0.25) is 0 Å². The van der Waals surface area contributed by atoms with Crippen LogP contribution in [0.1, 0.15) is 10.4 Å². The Kier molecular flexibility index (Phi) is 1.94. The number of carbonyl (C=O) groups is 1. The van der Waals surface area contributed by atoms with Crippen LogP contribution in [0, 0.1) is 0 Å². The number of pyridine rings is 1. The van der Waals surface area contributed by atoms with Crippen LogP contribution in [0.15, 0.2) is 29.1 Å². The third-order valence-corrected chi connectivity index (χ3v) is 3.33. The van der Waals surface area contributed by atoms with Gasteiger partial charge in [0.05, 0.1) is 16.9 Å². The summed E-state index contributed by atoms with van der Waals surface area (Å²) in [5.74, 6) is 0.697. The Balaban J connectivity index is 2.25. The van der Waals surface area contributed by atoms with Crippen LogP contribution >= 0.6 is 11.3 Å². The fourth-order valence-electron chi connectivity index (χ4n) is 1.79. The zero-order valence-corrected chi connectivity index (χ0v) is 9.41. The van der Waals surface area contributed by atoms with E-state index in [1.165, 1.54) is 11.3 Å². The Labute approximate surface area is 96.5 Å². The first kappa shape index (κ1) is 9.35. The lowest BCUT2D eigenvalue weighted by molar-refractivity contribution is 0.102. The van der Waals surface area contributed by atoms with E-state index in [0.717, 1.165) is 17.2 Å². The van der Waals surface area contributed by atoms with Crippen molar-refractivity contribution in [3.05, 3.63) is 34.7 Å². The van der Waals surface area contributed by atoms with Gasteiger partial charge in [-0.3, -0.25) is 4.79 Å². The molecule has 0 saturated carbocycles. The molecular weight excluding hydrogens is 222 g/mol. The number of hydrogen-bond donors (Lipinski definition) is 1. The molecule has 0 spiro atoms. The van der Waals surface area contributed by atoms with Gasteiger partial charge in [-0.15, -0.1) is 11.3 Å². The van der Waals surface area contributed by atoms with Crippen LogP contribution < -0.4 is 10.2 Å². The topological polar surface area (TPSA) is 45.2 Å². The summed E-state index contributed by atoms with van der Waals surface area (Å²) in [7, 11) is 1.91. The molecule has 3 heterocycles. The highest BCUT2D eigenvalue weighted by Crippen LogP contribution is 2.36. The van der Waals surface area contributed by atoms with E-state index in [1.54, 1.807) is 6.20 Å². The second-order valence-corrected chi connectivity index (χ2v) is 4.30. The Hall–Kier alpha value is -1.88. The van der Waals surface area contributed by atoms with Gasteiger partial charge in [-0.1, -0.05) is 0 Å². The maximum atomic E-state index is 11.9. The van der Waals surface area contributed by atoms with Crippen LogP contribution in [0.25, 0.3) is 0 Å². The third kappa shape index (κ3) is 1.22. The molecule has 1 amide bonds. The highest BCUT2D eigenvalue weighted by molar-refractivity contribution is 7.08. The quantitative estimate of drug-likeness (QED) is 0.757. The lowest BCUT2D eigenvalue weighted by atomic mass is 10.3. The highest BCUT2D eigenvalue weighted by Gasteiger charge is 2.23. The van der Waals surface area contributed by atoms with Gasteiger partial charge in [0, 0.05) is 24.0 Å². The summed E-state index contributed by atoms with van der Waals surface area (Å²) < 4.78 is 0. The maximum absolute atomic E-state index is 11.9. The standard InChI is InChI=1S/C11H9N3OS/c1-14-9-6-16-5-7(9)11(15)13-8-3-2-4-12-10(8)14/h2-6H,1H3,(H,13,15). The van der Waals surface area contributed by atoms with Crippen LogP contribution in [0.3, 0.4) is 0 Å². The van der Waals surface area contributed by atoms with Gasteiger partial charge in [0.15, 0.2) is 5.82 Å². The molecule has 5 heteroatoms. The lowest BCUT2D eigenvalue weighted by Gasteiger charge is -2.16. The summed E-state index contributed by atoms with van der Waals surface area (Å²) in [6.45, 7) is 0. The molecule has 0 atom stereocenters. The van der Waals surface area contributed by atoms with Crippen LogP contribution in [-0.4, -0.2) is 17.9 Å². The fourth-order valence-corrected chi connectivity index (χ4v) is 2.63. The van der Waals surface area contributed by atoms with E-state index in [1.807, 2.05) is 34.8 Å². The Morgan fingerprint density at radius 1 is 1.44 bits per heavy atom. The van der Waals surface area contributed by atoms with E-state index in [2.05, 4.69) is 10.3 Å². The normalized spacial score (nSPS) is 13.8. The van der Waals surface area contributed by atoms with Crippen molar-refractivity contribution >= 4 is 34.4 Å². The van der Waals surface area contributed by atoms with Gasteiger partial charge in [0.25, 0.3) is 5.91 Å². The summed E-state index contributed by atoms with van der Waals surface area (Å²) in [4.78, 5) is 18.1. The highest BCUT2D eigenvalue weighted by atomic mass is 32.1. The number of hydrogen-bond acceptors (Lipinski definition) is 4. The average Bonchev–Trinajstić information content (AvgIpc) is 2.74. The molecule has 4 nitrogen and oxygen atoms in total. The number of carbonyl (C=O) groups excluding carboxylic acids is 1. The third-order valence-electron chi connectivity index (χ3n) is 2.60. The summed E-state index contributed by atoms with van der Waals surface area (Å²) in [5, 5.41) is 6.67. The molecule has 0 aliphatic carbocycles. The van der Waals surface area contributed by atoms with Crippen LogP contribution in [-0.2, 0) is 0 Å². The van der Waals surface area contributed by atoms with Crippen LogP contribution in [0.4, 0.5) is 17.2 Å². The fraction of sp³-hybridized carbons (Fsp3) is 0.0909. The van der Waals surface area contributed by atoms with Crippen molar-refractivity contribution in [3.8, 4) is 0 Å². The number of fused-ring (bicyclic) bond motifs is 2. The number of nitrogens with one attached hydrogen (secondary N) is 1. The number of nitrogens with zero attached hydrogens (tertiary/aromatic N) is 2. The molecular formula is C11H9N3OS. The van der Waals surface area contributed by atoms with Crippen molar-refractivity contribution in [2.24, 2.45) is 0 Å². The molecule has 2 aromatic heterocycles. The second-order valence-electron chi connectivity index (χ2n) is 3.56. The number of rotatable bonds is 0. The van der Waals surface area contributed by atoms with E-state index in [-0.39, 0.29) is 5.91 Å². The lowest BCUT2D eigenvalue weighted by Crippen LogP contribution is -2.10. The molecule has 0 fully saturated rings. The van der Waals surface area contributed by atoms with Gasteiger partial charge < -0.3 is 10.2 Å². The first-order valence-corrected chi connectivity index (χ1v) is 5.78. The van der Waals surface area contributed by atoms with Gasteiger partial charge in [-0.2, -0.15) is 0 Å². The number of thiophene rings is 1. The summed E-state index contributed by atoms with van der Waals surface area (Å²) in [5.41, 5.74) is 2.35. The first-order chi connectivity index (χ1) is 7.77. The molecule has 80 valence electrons. The van der Waals surface area contributed by atoms with E-state index >= 15 is 0 Å². The van der Waals surface area contributed by atoms with Crippen molar-refractivity contribution in [2.45, 2.75) is 0 Å². The van der Waals surface area contributed by atoms with E-state index in [9.17, 15) is 4.79 Å². The Morgan fingerprint density at radius 3 is 3.19 bits per heavy atom. The van der Waals surface area contributed by atoms with Gasteiger partial charge in [-0.05, 0) is 12.1 Å². The zero-order chi connectivity index (χ0) is 11.1. The average molecular weight is 231 g/mol. The van der Waals surface area contributed by atoms with Crippen molar-refractivity contribution in [2.75, 3.05) is 17.3 Å². The zero-order valence-electron chi connectivity index (χ0n) is 8.60. The van der Waals surface area contributed by atoms with Gasteiger partial charge in [-0.25, -0.2) is 4.98 Å². The predicted molar refractivity (Wildman–Crippen MR) is 64.6 cm³/mol. The molecule has 0 unspecified atom stereocenters. The number of anilines is 3. The number of aromatic nitrogens is 1. The molecule has 0 saturated heterocycles. The van der Waals surface area contributed by atoms with Crippen molar-refractivity contribution < 1.29 is 4.79 Å². The van der Waals surface area contributed by atoms with Crippen LogP contribution in [0.5, 0.6) is 0 Å². The summed E-state index contributed by atoms with van der Waals surface area (Å²) in [6, 6.07) is 3.66. The summed E-state index contributed by atoms with van der Waals surface area (Å²) in [6.07, 6.45) is 1.72. The maximum Gasteiger partial charge on any atom is 0.258 e. The molecule has 1 aliphatic heterocycles. The molecule has 3 rings (SSSR count). The predicted octanol–water partition coefficient (Wildman–Crippen LogP) is 2.48. The Bertz CT molecular complexity index is 564. The molecule has 0 bridgehead atoms. The largest absolute Gasteiger partial charge is 0.326 e. The molecule has 1 aliphatic rings. The minimum atomic E-state index is -0.0742. The second kappa shape index (κ2) is 3.31. The minimum Gasteiger partial charge on any atom is -0.326 e. The van der Waals surface area contributed by atoms with Crippen LogP contribution in [0.2, 0.25) is 0 Å². The SMILES string of the molecule is CN1c2cscc2C(=O)Nc2cccnc21.